The van der Waals surface area contributed by atoms with E-state index in [1.165, 1.54) is 4.57 Å². The van der Waals surface area contributed by atoms with Crippen molar-refractivity contribution in [3.63, 3.8) is 0 Å². The molecule has 3 heterocycles. The SMILES string of the molecule is CCOC[C@H]1CC[C@H](Oc2nn3c(C4CCOCC4)ncc3c(=O)n2C)CC1. The van der Waals surface area contributed by atoms with Crippen LogP contribution >= 0.6 is 0 Å². The molecule has 8 nitrogen and oxygen atoms in total. The first-order valence-corrected chi connectivity index (χ1v) is 10.4. The number of hydrogen-bond donors (Lipinski definition) is 0. The first kappa shape index (κ1) is 19.4. The van der Waals surface area contributed by atoms with Crippen LogP contribution in [-0.2, 0) is 16.5 Å². The van der Waals surface area contributed by atoms with Crippen LogP contribution in [0.1, 0.15) is 57.2 Å². The van der Waals surface area contributed by atoms with Crippen molar-refractivity contribution in [2.24, 2.45) is 13.0 Å². The van der Waals surface area contributed by atoms with Gasteiger partial charge in [0.15, 0.2) is 5.52 Å². The maximum atomic E-state index is 12.8. The summed E-state index contributed by atoms with van der Waals surface area (Å²) in [6.07, 6.45) is 7.60. The molecule has 1 saturated carbocycles. The minimum absolute atomic E-state index is 0.0866. The number of imidazole rings is 1. The topological polar surface area (TPSA) is 79.9 Å². The van der Waals surface area contributed by atoms with Crippen molar-refractivity contribution in [1.82, 2.24) is 19.2 Å². The molecule has 4 rings (SSSR count). The third kappa shape index (κ3) is 3.93. The van der Waals surface area contributed by atoms with E-state index >= 15 is 0 Å². The van der Waals surface area contributed by atoms with Crippen LogP contribution in [0.25, 0.3) is 5.52 Å². The number of rotatable bonds is 6. The zero-order valence-electron chi connectivity index (χ0n) is 16.8. The number of ether oxygens (including phenoxy) is 3. The van der Waals surface area contributed by atoms with Gasteiger partial charge in [0.25, 0.3) is 5.56 Å². The van der Waals surface area contributed by atoms with E-state index in [0.717, 1.165) is 70.8 Å². The fraction of sp³-hybridized carbons (Fsp3) is 0.750. The van der Waals surface area contributed by atoms with Gasteiger partial charge in [0.1, 0.15) is 11.9 Å². The number of nitrogens with zero attached hydrogens (tertiary/aromatic N) is 4. The van der Waals surface area contributed by atoms with Gasteiger partial charge >= 0.3 is 6.01 Å². The van der Waals surface area contributed by atoms with Crippen LogP contribution in [0.4, 0.5) is 0 Å². The van der Waals surface area contributed by atoms with E-state index in [1.54, 1.807) is 17.8 Å². The van der Waals surface area contributed by atoms with Crippen LogP contribution in [0, 0.1) is 5.92 Å². The second kappa shape index (κ2) is 8.61. The summed E-state index contributed by atoms with van der Waals surface area (Å²) in [6, 6.07) is 0.372. The molecule has 0 radical (unpaired) electrons. The summed E-state index contributed by atoms with van der Waals surface area (Å²) in [7, 11) is 1.71. The van der Waals surface area contributed by atoms with Crippen LogP contribution < -0.4 is 10.3 Å². The predicted molar refractivity (Wildman–Crippen MR) is 104 cm³/mol. The number of fused-ring (bicyclic) bond motifs is 1. The summed E-state index contributed by atoms with van der Waals surface area (Å²) in [5.74, 6) is 1.70. The Hall–Kier alpha value is -1.93. The average Bonchev–Trinajstić information content (AvgIpc) is 3.16. The fourth-order valence-electron chi connectivity index (χ4n) is 4.21. The van der Waals surface area contributed by atoms with Crippen molar-refractivity contribution in [3.8, 4) is 6.01 Å². The third-order valence-corrected chi connectivity index (χ3v) is 5.97. The highest BCUT2D eigenvalue weighted by atomic mass is 16.5. The maximum Gasteiger partial charge on any atom is 0.317 e. The molecule has 0 bridgehead atoms. The normalized spacial score (nSPS) is 23.9. The molecule has 1 aliphatic carbocycles. The summed E-state index contributed by atoms with van der Waals surface area (Å²) in [6.45, 7) is 5.07. The fourth-order valence-corrected chi connectivity index (χ4v) is 4.21. The second-order valence-corrected chi connectivity index (χ2v) is 7.87. The first-order valence-electron chi connectivity index (χ1n) is 10.4. The molecular formula is C20H30N4O4. The summed E-state index contributed by atoms with van der Waals surface area (Å²) >= 11 is 0. The minimum atomic E-state index is -0.124. The highest BCUT2D eigenvalue weighted by Crippen LogP contribution is 2.28. The molecule has 0 atom stereocenters. The van der Waals surface area contributed by atoms with E-state index in [9.17, 15) is 4.79 Å². The summed E-state index contributed by atoms with van der Waals surface area (Å²) in [5.41, 5.74) is 0.373. The van der Waals surface area contributed by atoms with Crippen LogP contribution in [0.5, 0.6) is 6.01 Å². The zero-order chi connectivity index (χ0) is 19.5. The molecule has 8 heteroatoms. The van der Waals surface area contributed by atoms with Gasteiger partial charge < -0.3 is 14.2 Å². The Morgan fingerprint density at radius 2 is 1.93 bits per heavy atom. The molecule has 0 amide bonds. The van der Waals surface area contributed by atoms with Crippen molar-refractivity contribution in [2.45, 2.75) is 57.5 Å². The number of hydrogen-bond acceptors (Lipinski definition) is 6. The van der Waals surface area contributed by atoms with Crippen molar-refractivity contribution in [2.75, 3.05) is 26.4 Å². The lowest BCUT2D eigenvalue weighted by Gasteiger charge is -2.28. The second-order valence-electron chi connectivity index (χ2n) is 7.87. The largest absolute Gasteiger partial charge is 0.460 e. The predicted octanol–water partition coefficient (Wildman–Crippen LogP) is 2.30. The molecule has 2 aromatic rings. The molecule has 0 spiro atoms. The van der Waals surface area contributed by atoms with E-state index in [0.29, 0.717) is 17.4 Å². The summed E-state index contributed by atoms with van der Waals surface area (Å²) in [4.78, 5) is 17.3. The van der Waals surface area contributed by atoms with Crippen LogP contribution in [-0.4, -0.2) is 51.7 Å². The van der Waals surface area contributed by atoms with E-state index in [4.69, 9.17) is 14.2 Å². The smallest absolute Gasteiger partial charge is 0.317 e. The Morgan fingerprint density at radius 1 is 1.18 bits per heavy atom. The van der Waals surface area contributed by atoms with Gasteiger partial charge in [0.2, 0.25) is 0 Å². The highest BCUT2D eigenvalue weighted by molar-refractivity contribution is 5.43. The molecule has 0 aromatic carbocycles. The molecule has 2 aliphatic rings. The Morgan fingerprint density at radius 3 is 2.64 bits per heavy atom. The van der Waals surface area contributed by atoms with E-state index in [2.05, 4.69) is 10.1 Å². The van der Waals surface area contributed by atoms with E-state index in [1.807, 2.05) is 6.92 Å². The van der Waals surface area contributed by atoms with E-state index < -0.39 is 0 Å². The molecule has 28 heavy (non-hydrogen) atoms. The van der Waals surface area contributed by atoms with Gasteiger partial charge in [-0.25, -0.2) is 9.50 Å². The quantitative estimate of drug-likeness (QED) is 0.753. The highest BCUT2D eigenvalue weighted by Gasteiger charge is 2.26. The molecule has 154 valence electrons. The van der Waals surface area contributed by atoms with Gasteiger partial charge in [-0.2, -0.15) is 0 Å². The third-order valence-electron chi connectivity index (χ3n) is 5.97. The van der Waals surface area contributed by atoms with Crippen molar-refractivity contribution < 1.29 is 14.2 Å². The minimum Gasteiger partial charge on any atom is -0.460 e. The summed E-state index contributed by atoms with van der Waals surface area (Å²) < 4.78 is 20.4. The first-order chi connectivity index (χ1) is 13.7. The molecule has 0 unspecified atom stereocenters. The van der Waals surface area contributed by atoms with Gasteiger partial charge in [-0.3, -0.25) is 9.36 Å². The Labute approximate surface area is 164 Å². The van der Waals surface area contributed by atoms with Gasteiger partial charge in [-0.05, 0) is 51.4 Å². The van der Waals surface area contributed by atoms with Crippen molar-refractivity contribution >= 4 is 5.52 Å². The number of aromatic nitrogens is 4. The summed E-state index contributed by atoms with van der Waals surface area (Å²) in [5, 5.41) is 4.66. The molecule has 1 aliphatic heterocycles. The van der Waals surface area contributed by atoms with Crippen molar-refractivity contribution in [1.29, 1.82) is 0 Å². The maximum absolute atomic E-state index is 12.8. The molecule has 2 fully saturated rings. The van der Waals surface area contributed by atoms with Crippen LogP contribution in [0.15, 0.2) is 11.0 Å². The van der Waals surface area contributed by atoms with Gasteiger partial charge in [-0.15, -0.1) is 5.10 Å². The lowest BCUT2D eigenvalue weighted by Crippen LogP contribution is -2.31. The van der Waals surface area contributed by atoms with E-state index in [-0.39, 0.29) is 17.6 Å². The van der Waals surface area contributed by atoms with Crippen LogP contribution in [0.3, 0.4) is 0 Å². The Balaban J connectivity index is 1.52. The molecule has 0 N–H and O–H groups in total. The molecule has 2 aromatic heterocycles. The van der Waals surface area contributed by atoms with Crippen molar-refractivity contribution in [3.05, 3.63) is 22.4 Å². The average molecular weight is 390 g/mol. The zero-order valence-corrected chi connectivity index (χ0v) is 16.8. The van der Waals surface area contributed by atoms with Crippen LogP contribution in [0.2, 0.25) is 0 Å². The molecule has 1 saturated heterocycles. The lowest BCUT2D eigenvalue weighted by molar-refractivity contribution is 0.0594. The van der Waals surface area contributed by atoms with Gasteiger partial charge in [0.05, 0.1) is 6.20 Å². The Kier molecular flexibility index (Phi) is 5.96. The Bertz CT molecular complexity index is 848. The monoisotopic (exact) mass is 390 g/mol. The van der Waals surface area contributed by atoms with Gasteiger partial charge in [-0.1, -0.05) is 0 Å². The lowest BCUT2D eigenvalue weighted by atomic mass is 9.88. The van der Waals surface area contributed by atoms with Gasteiger partial charge in [0, 0.05) is 39.4 Å². The molecular weight excluding hydrogens is 360 g/mol. The standard InChI is InChI=1S/C20H30N4O4/c1-3-26-13-14-4-6-16(7-5-14)28-20-22-24-17(19(25)23(20)2)12-21-18(24)15-8-10-27-11-9-15/h12,14-16H,3-11,13H2,1-2H3/t14-,16-.